The maximum Gasteiger partial charge on any atom is 0.0579 e. The van der Waals surface area contributed by atoms with Gasteiger partial charge in [-0.25, -0.2) is 5.01 Å². The Morgan fingerprint density at radius 1 is 1.36 bits per heavy atom. The maximum absolute atomic E-state index is 11.1. The molecule has 0 rings (SSSR count). The van der Waals surface area contributed by atoms with Crippen molar-refractivity contribution in [3.05, 3.63) is 10.1 Å². The van der Waals surface area contributed by atoms with Gasteiger partial charge in [-0.15, -0.1) is 4.91 Å². The van der Waals surface area contributed by atoms with Gasteiger partial charge in [-0.1, -0.05) is 13.8 Å². The van der Waals surface area contributed by atoms with Gasteiger partial charge in [-0.3, -0.25) is 5.28 Å². The molecule has 0 aliphatic heterocycles. The lowest BCUT2D eigenvalue weighted by Gasteiger charge is -2.43. The molecule has 0 aromatic rings. The largest absolute Gasteiger partial charge is 0.724 e. The minimum absolute atomic E-state index is 0.141. The van der Waals surface area contributed by atoms with E-state index < -0.39 is 0 Å². The van der Waals surface area contributed by atoms with Crippen molar-refractivity contribution in [3.63, 3.8) is 0 Å². The maximum atomic E-state index is 11.1. The summed E-state index contributed by atoms with van der Waals surface area (Å²) in [5, 5.41) is 15.1. The molecule has 0 amide bonds. The smallest absolute Gasteiger partial charge is 0.0579 e. The van der Waals surface area contributed by atoms with Gasteiger partial charge >= 0.3 is 0 Å². The normalized spacial score (nSPS) is 12.3. The molecule has 0 bridgehead atoms. The molecule has 14 heavy (non-hydrogen) atoms. The fraction of sp³-hybridized carbons (Fsp3) is 1.00. The number of nitroso groups, excluding NO2 is 1. The molecule has 0 radical (unpaired) electrons. The molecule has 0 N–H and O–H groups in total. The van der Waals surface area contributed by atoms with Gasteiger partial charge in [0.1, 0.15) is 0 Å². The Labute approximate surface area is 85.6 Å². The van der Waals surface area contributed by atoms with Crippen LogP contribution in [0.2, 0.25) is 0 Å². The van der Waals surface area contributed by atoms with Crippen molar-refractivity contribution in [2.24, 2.45) is 11.2 Å². The molecule has 0 saturated heterocycles. The molecule has 5 nitrogen and oxygen atoms in total. The molecule has 0 unspecified atom stereocenters. The molecule has 0 saturated carbocycles. The van der Waals surface area contributed by atoms with Crippen molar-refractivity contribution in [1.29, 1.82) is 0 Å². The molecule has 0 aromatic heterocycles. The fourth-order valence-corrected chi connectivity index (χ4v) is 1.10. The Bertz CT molecular complexity index is 177. The van der Waals surface area contributed by atoms with Crippen LogP contribution in [0.3, 0.4) is 0 Å². The molecule has 0 aliphatic carbocycles. The van der Waals surface area contributed by atoms with Crippen molar-refractivity contribution in [2.45, 2.75) is 46.6 Å². The Balaban J connectivity index is 4.33. The quantitative estimate of drug-likeness (QED) is 0.507. The van der Waals surface area contributed by atoms with Crippen LogP contribution in [-0.4, -0.2) is 22.4 Å². The zero-order chi connectivity index (χ0) is 11.4. The summed E-state index contributed by atoms with van der Waals surface area (Å²) in [7, 11) is 0. The minimum Gasteiger partial charge on any atom is -0.724 e. The van der Waals surface area contributed by atoms with E-state index in [0.29, 0.717) is 12.5 Å². The number of nitrogens with zero attached hydrogens (tertiary/aromatic N) is 3. The molecule has 0 spiro atoms. The number of hydrazine groups is 1. The third kappa shape index (κ3) is 4.53. The van der Waals surface area contributed by atoms with Crippen molar-refractivity contribution < 1.29 is 0 Å². The monoisotopic (exact) mass is 202 g/mol. The van der Waals surface area contributed by atoms with E-state index in [1.807, 2.05) is 20.8 Å². The summed E-state index contributed by atoms with van der Waals surface area (Å²) in [6.45, 7) is 10.3. The van der Waals surface area contributed by atoms with Crippen LogP contribution in [-0.2, 0) is 0 Å². The van der Waals surface area contributed by atoms with Crippen LogP contribution in [0.4, 0.5) is 0 Å². The van der Waals surface area contributed by atoms with Crippen LogP contribution in [0.5, 0.6) is 0 Å². The summed E-state index contributed by atoms with van der Waals surface area (Å²) in [6.07, 6.45) is 0.867. The summed E-state index contributed by atoms with van der Waals surface area (Å²) < 4.78 is 0. The second-order valence-electron chi connectivity index (χ2n) is 4.81. The second-order valence-corrected chi connectivity index (χ2v) is 4.81. The standard InChI is InChI=1S/C9H20N3O2/c1-8(2)6-7-11(9(3,4)5)12(14)10-13/h8H,6-7H2,1-5H3/q-1. The van der Waals surface area contributed by atoms with E-state index in [0.717, 1.165) is 6.42 Å². The lowest BCUT2D eigenvalue weighted by molar-refractivity contribution is -0.0582. The first-order valence-corrected chi connectivity index (χ1v) is 4.87. The predicted molar refractivity (Wildman–Crippen MR) is 56.9 cm³/mol. The van der Waals surface area contributed by atoms with E-state index in [9.17, 15) is 10.1 Å². The lowest BCUT2D eigenvalue weighted by Crippen LogP contribution is -2.48. The van der Waals surface area contributed by atoms with Crippen molar-refractivity contribution in [2.75, 3.05) is 6.54 Å². The van der Waals surface area contributed by atoms with Crippen LogP contribution in [0.15, 0.2) is 5.29 Å². The van der Waals surface area contributed by atoms with E-state index >= 15 is 0 Å². The highest BCUT2D eigenvalue weighted by Gasteiger charge is 2.23. The molecule has 0 heterocycles. The molecule has 0 aliphatic rings. The highest BCUT2D eigenvalue weighted by molar-refractivity contribution is 4.74. The fourth-order valence-electron chi connectivity index (χ4n) is 1.10. The van der Waals surface area contributed by atoms with Gasteiger partial charge in [0.25, 0.3) is 0 Å². The highest BCUT2D eigenvalue weighted by atomic mass is 16.6. The van der Waals surface area contributed by atoms with Gasteiger partial charge in [-0.05, 0) is 33.1 Å². The van der Waals surface area contributed by atoms with E-state index in [-0.39, 0.29) is 10.8 Å². The summed E-state index contributed by atoms with van der Waals surface area (Å²) in [6, 6.07) is 0. The van der Waals surface area contributed by atoms with E-state index in [1.165, 1.54) is 5.01 Å². The van der Waals surface area contributed by atoms with Crippen LogP contribution in [0, 0.1) is 16.0 Å². The van der Waals surface area contributed by atoms with Crippen LogP contribution in [0.25, 0.3) is 0 Å². The molecule has 0 atom stereocenters. The van der Waals surface area contributed by atoms with Crippen LogP contribution < -0.4 is 0 Å². The molecule has 84 valence electrons. The first kappa shape index (κ1) is 13.3. The Kier molecular flexibility index (Phi) is 5.01. The average molecular weight is 202 g/mol. The van der Waals surface area contributed by atoms with E-state index in [2.05, 4.69) is 19.1 Å². The highest BCUT2D eigenvalue weighted by Crippen LogP contribution is 2.17. The molecular formula is C9H20N3O2-. The Hall–Kier alpha value is -0.680. The molecule has 0 fully saturated rings. The molecule has 5 heteroatoms. The molecule has 0 aromatic carbocycles. The topological polar surface area (TPSA) is 59.0 Å². The van der Waals surface area contributed by atoms with Crippen LogP contribution >= 0.6 is 0 Å². The SMILES string of the molecule is CC(C)CCN(N([O-])N=O)C(C)(C)C. The first-order valence-electron chi connectivity index (χ1n) is 4.87. The Morgan fingerprint density at radius 3 is 2.14 bits per heavy atom. The van der Waals surface area contributed by atoms with E-state index in [1.54, 1.807) is 0 Å². The molecular weight excluding hydrogens is 182 g/mol. The summed E-state index contributed by atoms with van der Waals surface area (Å²) in [5.41, 5.74) is -0.370. The summed E-state index contributed by atoms with van der Waals surface area (Å²) in [5.74, 6) is 0.500. The lowest BCUT2D eigenvalue weighted by atomic mass is 10.1. The number of hydrogen-bond acceptors (Lipinski definition) is 4. The van der Waals surface area contributed by atoms with Gasteiger partial charge < -0.3 is 5.21 Å². The van der Waals surface area contributed by atoms with Gasteiger partial charge in [0.05, 0.1) is 5.29 Å². The van der Waals surface area contributed by atoms with Gasteiger partial charge in [0.15, 0.2) is 0 Å². The zero-order valence-corrected chi connectivity index (χ0v) is 9.65. The van der Waals surface area contributed by atoms with Gasteiger partial charge in [0, 0.05) is 12.1 Å². The van der Waals surface area contributed by atoms with Crippen molar-refractivity contribution in [3.8, 4) is 0 Å². The summed E-state index contributed by atoms with van der Waals surface area (Å²) >= 11 is 0. The Morgan fingerprint density at radius 2 is 1.86 bits per heavy atom. The van der Waals surface area contributed by atoms with Gasteiger partial charge in [-0.2, -0.15) is 0 Å². The van der Waals surface area contributed by atoms with Gasteiger partial charge in [0.2, 0.25) is 0 Å². The first-order chi connectivity index (χ1) is 6.29. The second kappa shape index (κ2) is 5.26. The van der Waals surface area contributed by atoms with Crippen molar-refractivity contribution >= 4 is 0 Å². The third-order valence-corrected chi connectivity index (χ3v) is 1.97. The minimum atomic E-state index is -0.370. The predicted octanol–water partition coefficient (Wildman–Crippen LogP) is 2.53. The van der Waals surface area contributed by atoms with E-state index in [4.69, 9.17) is 0 Å². The summed E-state index contributed by atoms with van der Waals surface area (Å²) in [4.78, 5) is 10.2. The van der Waals surface area contributed by atoms with Crippen molar-refractivity contribution in [1.82, 2.24) is 10.3 Å². The number of hydrogen-bond donors (Lipinski definition) is 0. The third-order valence-electron chi connectivity index (χ3n) is 1.97. The average Bonchev–Trinajstić information content (AvgIpc) is 2.01. The number of rotatable bonds is 5. The zero-order valence-electron chi connectivity index (χ0n) is 9.65. The van der Waals surface area contributed by atoms with Crippen LogP contribution in [0.1, 0.15) is 41.0 Å².